The van der Waals surface area contributed by atoms with E-state index in [2.05, 4.69) is 0 Å². The monoisotopic (exact) mass is 263 g/mol. The van der Waals surface area contributed by atoms with Crippen LogP contribution in [-0.4, -0.2) is 19.4 Å². The van der Waals surface area contributed by atoms with Crippen molar-refractivity contribution in [1.82, 2.24) is 0 Å². The molecule has 1 rings (SSSR count). The largest absolute Gasteiger partial charge is 0.493 e. The highest BCUT2D eigenvalue weighted by Gasteiger charge is 2.38. The van der Waals surface area contributed by atoms with Gasteiger partial charge in [-0.2, -0.15) is 13.2 Å². The summed E-state index contributed by atoms with van der Waals surface area (Å²) in [4.78, 5) is 0. The average molecular weight is 263 g/mol. The zero-order valence-electron chi connectivity index (χ0n) is 10.4. The third-order valence-electron chi connectivity index (χ3n) is 2.26. The molecule has 0 radical (unpaired) electrons. The second kappa shape index (κ2) is 5.48. The molecule has 0 aromatic heterocycles. The second-order valence-electron chi connectivity index (χ2n) is 4.10. The second-order valence-corrected chi connectivity index (χ2v) is 4.10. The first kappa shape index (κ1) is 14.6. The smallest absolute Gasteiger partial charge is 0.407 e. The minimum Gasteiger partial charge on any atom is -0.493 e. The maximum atomic E-state index is 12.5. The highest BCUT2D eigenvalue weighted by molar-refractivity contribution is 5.44. The first-order chi connectivity index (χ1) is 8.25. The predicted octanol–water partition coefficient (Wildman–Crippen LogP) is 3.04. The zero-order valence-corrected chi connectivity index (χ0v) is 10.4. The van der Waals surface area contributed by atoms with E-state index in [9.17, 15) is 13.2 Å². The molecule has 0 fully saturated rings. The predicted molar refractivity (Wildman–Crippen MR) is 61.7 cm³/mol. The van der Waals surface area contributed by atoms with Crippen LogP contribution in [0.5, 0.6) is 11.5 Å². The molecule has 18 heavy (non-hydrogen) atoms. The van der Waals surface area contributed by atoms with E-state index in [0.29, 0.717) is 5.75 Å². The van der Waals surface area contributed by atoms with Crippen molar-refractivity contribution in [2.24, 2.45) is 5.73 Å². The number of nitrogens with two attached hydrogens (primary N) is 1. The highest BCUT2D eigenvalue weighted by Crippen LogP contribution is 2.35. The lowest BCUT2D eigenvalue weighted by molar-refractivity contribution is -0.149. The number of halogens is 3. The molecule has 0 aliphatic heterocycles. The molecular formula is C12H16F3NO2. The van der Waals surface area contributed by atoms with E-state index in [4.69, 9.17) is 15.2 Å². The fourth-order valence-corrected chi connectivity index (χ4v) is 1.42. The van der Waals surface area contributed by atoms with Crippen molar-refractivity contribution in [2.75, 3.05) is 7.11 Å². The Labute approximate surface area is 104 Å². The van der Waals surface area contributed by atoms with Crippen LogP contribution in [0.3, 0.4) is 0 Å². The van der Waals surface area contributed by atoms with Crippen LogP contribution in [0.15, 0.2) is 18.2 Å². The molecule has 0 aliphatic carbocycles. The molecule has 6 heteroatoms. The number of hydrogen-bond donors (Lipinski definition) is 1. The molecule has 0 amide bonds. The van der Waals surface area contributed by atoms with E-state index >= 15 is 0 Å². The summed E-state index contributed by atoms with van der Waals surface area (Å²) in [5.41, 5.74) is 5.07. The SMILES string of the molecule is COc1cc([C@@H](N)C(F)(F)F)ccc1OC(C)C. The molecule has 2 N–H and O–H groups in total. The lowest BCUT2D eigenvalue weighted by Gasteiger charge is -2.19. The van der Waals surface area contributed by atoms with Crippen molar-refractivity contribution in [1.29, 1.82) is 0 Å². The fourth-order valence-electron chi connectivity index (χ4n) is 1.42. The number of rotatable bonds is 4. The summed E-state index contributed by atoms with van der Waals surface area (Å²) >= 11 is 0. The van der Waals surface area contributed by atoms with Gasteiger partial charge in [0, 0.05) is 0 Å². The van der Waals surface area contributed by atoms with Gasteiger partial charge >= 0.3 is 6.18 Å². The van der Waals surface area contributed by atoms with Gasteiger partial charge in [0.2, 0.25) is 0 Å². The van der Waals surface area contributed by atoms with E-state index in [1.807, 2.05) is 13.8 Å². The van der Waals surface area contributed by atoms with E-state index in [0.717, 1.165) is 0 Å². The van der Waals surface area contributed by atoms with Crippen LogP contribution in [0, 0.1) is 0 Å². The van der Waals surface area contributed by atoms with Crippen molar-refractivity contribution >= 4 is 0 Å². The molecule has 3 nitrogen and oxygen atoms in total. The molecule has 0 aliphatic rings. The third kappa shape index (κ3) is 3.53. The van der Waals surface area contributed by atoms with Crippen molar-refractivity contribution < 1.29 is 22.6 Å². The van der Waals surface area contributed by atoms with Gasteiger partial charge in [-0.25, -0.2) is 0 Å². The van der Waals surface area contributed by atoms with Gasteiger partial charge in [-0.15, -0.1) is 0 Å². The Morgan fingerprint density at radius 2 is 1.78 bits per heavy atom. The van der Waals surface area contributed by atoms with Gasteiger partial charge in [-0.3, -0.25) is 0 Å². The summed E-state index contributed by atoms with van der Waals surface area (Å²) in [7, 11) is 1.37. The van der Waals surface area contributed by atoms with Gasteiger partial charge in [-0.05, 0) is 31.5 Å². The molecule has 0 heterocycles. The van der Waals surface area contributed by atoms with Gasteiger partial charge in [0.25, 0.3) is 0 Å². The number of ether oxygens (including phenoxy) is 2. The molecule has 0 saturated heterocycles. The van der Waals surface area contributed by atoms with Crippen LogP contribution >= 0.6 is 0 Å². The Hall–Kier alpha value is -1.43. The van der Waals surface area contributed by atoms with Crippen LogP contribution in [0.1, 0.15) is 25.5 Å². The van der Waals surface area contributed by atoms with Crippen LogP contribution in [0.2, 0.25) is 0 Å². The standard InChI is InChI=1S/C12H16F3NO2/c1-7(2)18-9-5-4-8(6-10(9)17-3)11(16)12(13,14)15/h4-7,11H,16H2,1-3H3/t11-/m1/s1. The summed E-state index contributed by atoms with van der Waals surface area (Å²) in [6.07, 6.45) is -4.58. The van der Waals surface area contributed by atoms with Gasteiger partial charge in [0.15, 0.2) is 11.5 Å². The van der Waals surface area contributed by atoms with Gasteiger partial charge in [-0.1, -0.05) is 6.07 Å². The van der Waals surface area contributed by atoms with E-state index in [1.165, 1.54) is 25.3 Å². The molecule has 0 unspecified atom stereocenters. The molecule has 0 saturated carbocycles. The number of hydrogen-bond acceptors (Lipinski definition) is 3. The van der Waals surface area contributed by atoms with E-state index < -0.39 is 12.2 Å². The molecular weight excluding hydrogens is 247 g/mol. The normalized spacial score (nSPS) is 13.6. The lowest BCUT2D eigenvalue weighted by atomic mass is 10.1. The minimum absolute atomic E-state index is 0.0598. The topological polar surface area (TPSA) is 44.5 Å². The van der Waals surface area contributed by atoms with Crippen LogP contribution in [0.4, 0.5) is 13.2 Å². The van der Waals surface area contributed by atoms with Crippen molar-refractivity contribution in [3.63, 3.8) is 0 Å². The van der Waals surface area contributed by atoms with Crippen LogP contribution < -0.4 is 15.2 Å². The van der Waals surface area contributed by atoms with Crippen LogP contribution in [-0.2, 0) is 0 Å². The van der Waals surface area contributed by atoms with Gasteiger partial charge in [0.05, 0.1) is 13.2 Å². The highest BCUT2D eigenvalue weighted by atomic mass is 19.4. The van der Waals surface area contributed by atoms with Crippen molar-refractivity contribution in [3.8, 4) is 11.5 Å². The van der Waals surface area contributed by atoms with Gasteiger partial charge < -0.3 is 15.2 Å². The lowest BCUT2D eigenvalue weighted by Crippen LogP contribution is -2.28. The maximum absolute atomic E-state index is 12.5. The Morgan fingerprint density at radius 1 is 1.17 bits per heavy atom. The van der Waals surface area contributed by atoms with Gasteiger partial charge in [0.1, 0.15) is 6.04 Å². The molecule has 102 valence electrons. The molecule has 0 spiro atoms. The Morgan fingerprint density at radius 3 is 2.22 bits per heavy atom. The molecule has 1 aromatic carbocycles. The third-order valence-corrected chi connectivity index (χ3v) is 2.26. The van der Waals surface area contributed by atoms with Crippen LogP contribution in [0.25, 0.3) is 0 Å². The summed E-state index contributed by atoms with van der Waals surface area (Å²) in [6, 6.07) is 1.94. The van der Waals surface area contributed by atoms with E-state index in [1.54, 1.807) is 0 Å². The molecule has 1 aromatic rings. The van der Waals surface area contributed by atoms with Crippen molar-refractivity contribution in [3.05, 3.63) is 23.8 Å². The number of benzene rings is 1. The molecule has 0 bridgehead atoms. The zero-order chi connectivity index (χ0) is 13.9. The Kier molecular flexibility index (Phi) is 4.45. The Bertz CT molecular complexity index is 405. The minimum atomic E-state index is -4.48. The summed E-state index contributed by atoms with van der Waals surface area (Å²) in [5.74, 6) is 0.631. The summed E-state index contributed by atoms with van der Waals surface area (Å²) in [6.45, 7) is 3.63. The average Bonchev–Trinajstić information content (AvgIpc) is 2.26. The van der Waals surface area contributed by atoms with Crippen molar-refractivity contribution in [2.45, 2.75) is 32.2 Å². The quantitative estimate of drug-likeness (QED) is 0.908. The summed E-state index contributed by atoms with van der Waals surface area (Å²) < 4.78 is 47.9. The first-order valence-corrected chi connectivity index (χ1v) is 5.42. The summed E-state index contributed by atoms with van der Waals surface area (Å²) in [5, 5.41) is 0. The van der Waals surface area contributed by atoms with E-state index in [-0.39, 0.29) is 17.4 Å². The maximum Gasteiger partial charge on any atom is 0.407 e. The Balaban J connectivity index is 3.05. The fraction of sp³-hybridized carbons (Fsp3) is 0.500. The number of alkyl halides is 3. The number of methoxy groups -OCH3 is 1. The molecule has 1 atom stereocenters. The first-order valence-electron chi connectivity index (χ1n) is 5.42.